The number of rotatable bonds is 4. The Kier molecular flexibility index (Phi) is 4.28. The Morgan fingerprint density at radius 2 is 1.26 bits per heavy atom. The third-order valence-electron chi connectivity index (χ3n) is 4.28. The van der Waals surface area contributed by atoms with Gasteiger partial charge in [-0.2, -0.15) is 0 Å². The molecule has 0 heterocycles. The van der Waals surface area contributed by atoms with E-state index in [1.807, 2.05) is 91.9 Å². The van der Waals surface area contributed by atoms with Crippen LogP contribution in [0.1, 0.15) is 28.4 Å². The lowest BCUT2D eigenvalue weighted by Crippen LogP contribution is -2.35. The summed E-state index contributed by atoms with van der Waals surface area (Å²) in [5, 5.41) is 22.6. The van der Waals surface area contributed by atoms with Crippen LogP contribution in [-0.4, -0.2) is 10.2 Å². The Morgan fingerprint density at radius 3 is 1.87 bits per heavy atom. The Balaban J connectivity index is 2.21. The highest BCUT2D eigenvalue weighted by Crippen LogP contribution is 2.42. The molecule has 0 saturated heterocycles. The molecule has 0 aliphatic heterocycles. The number of hydrogen-bond acceptors (Lipinski definition) is 2. The molecule has 2 N–H and O–H groups in total. The maximum Gasteiger partial charge on any atom is 0.145 e. The van der Waals surface area contributed by atoms with Gasteiger partial charge in [-0.05, 0) is 29.2 Å². The lowest BCUT2D eigenvalue weighted by atomic mass is 9.77. The number of aliphatic hydroxyl groups is 2. The smallest absolute Gasteiger partial charge is 0.145 e. The molecule has 2 nitrogen and oxygen atoms in total. The molecule has 3 aromatic rings. The second-order valence-electron chi connectivity index (χ2n) is 5.76. The lowest BCUT2D eigenvalue weighted by Gasteiger charge is -2.35. The molecule has 0 aromatic heterocycles. The number of aryl methyl sites for hydroxylation is 1. The van der Waals surface area contributed by atoms with Gasteiger partial charge in [0.15, 0.2) is 0 Å². The fourth-order valence-corrected chi connectivity index (χ4v) is 3.03. The minimum absolute atomic E-state index is 0.672. The molecule has 0 amide bonds. The van der Waals surface area contributed by atoms with Crippen molar-refractivity contribution in [2.75, 3.05) is 0 Å². The zero-order valence-electron chi connectivity index (χ0n) is 13.1. The predicted octanol–water partition coefficient (Wildman–Crippen LogP) is 3.96. The Labute approximate surface area is 136 Å². The maximum atomic E-state index is 11.6. The van der Waals surface area contributed by atoms with Crippen LogP contribution in [0.2, 0.25) is 0 Å². The molecule has 2 atom stereocenters. The molecule has 0 bridgehead atoms. The van der Waals surface area contributed by atoms with Gasteiger partial charge < -0.3 is 10.2 Å². The van der Waals surface area contributed by atoms with E-state index in [2.05, 4.69) is 0 Å². The van der Waals surface area contributed by atoms with E-state index in [-0.39, 0.29) is 0 Å². The van der Waals surface area contributed by atoms with E-state index in [0.29, 0.717) is 16.7 Å². The van der Waals surface area contributed by atoms with Gasteiger partial charge >= 0.3 is 0 Å². The first-order valence-electron chi connectivity index (χ1n) is 7.71. The van der Waals surface area contributed by atoms with E-state index in [4.69, 9.17) is 0 Å². The SMILES string of the molecule is Cc1ccccc1C(O)(c1ccccc1)C(O)c1ccccc1. The van der Waals surface area contributed by atoms with Crippen LogP contribution in [0.5, 0.6) is 0 Å². The summed E-state index contributed by atoms with van der Waals surface area (Å²) >= 11 is 0. The lowest BCUT2D eigenvalue weighted by molar-refractivity contribution is -0.0521. The van der Waals surface area contributed by atoms with Crippen molar-refractivity contribution in [3.63, 3.8) is 0 Å². The van der Waals surface area contributed by atoms with Crippen molar-refractivity contribution in [3.05, 3.63) is 107 Å². The number of aliphatic hydroxyl groups excluding tert-OH is 1. The molecule has 0 spiro atoms. The fourth-order valence-electron chi connectivity index (χ4n) is 3.03. The zero-order valence-corrected chi connectivity index (χ0v) is 13.1. The fraction of sp³-hybridized carbons (Fsp3) is 0.143. The van der Waals surface area contributed by atoms with Crippen molar-refractivity contribution in [3.8, 4) is 0 Å². The van der Waals surface area contributed by atoms with E-state index < -0.39 is 11.7 Å². The van der Waals surface area contributed by atoms with Crippen LogP contribution in [-0.2, 0) is 5.60 Å². The zero-order chi connectivity index (χ0) is 16.3. The molecule has 3 rings (SSSR count). The highest BCUT2D eigenvalue weighted by atomic mass is 16.3. The molecule has 0 saturated carbocycles. The molecular formula is C21H20O2. The van der Waals surface area contributed by atoms with E-state index in [9.17, 15) is 10.2 Å². The van der Waals surface area contributed by atoms with E-state index >= 15 is 0 Å². The van der Waals surface area contributed by atoms with Crippen molar-refractivity contribution in [2.24, 2.45) is 0 Å². The third-order valence-corrected chi connectivity index (χ3v) is 4.28. The van der Waals surface area contributed by atoms with Gasteiger partial charge in [0, 0.05) is 0 Å². The van der Waals surface area contributed by atoms with Crippen LogP contribution < -0.4 is 0 Å². The van der Waals surface area contributed by atoms with Gasteiger partial charge in [0.2, 0.25) is 0 Å². The summed E-state index contributed by atoms with van der Waals surface area (Å²) in [6, 6.07) is 26.2. The molecule has 0 radical (unpaired) electrons. The summed E-state index contributed by atoms with van der Waals surface area (Å²) in [5.74, 6) is 0. The van der Waals surface area contributed by atoms with Crippen LogP contribution in [0.15, 0.2) is 84.9 Å². The Bertz CT molecular complexity index is 768. The maximum absolute atomic E-state index is 11.6. The van der Waals surface area contributed by atoms with Gasteiger partial charge in [-0.3, -0.25) is 0 Å². The first-order valence-corrected chi connectivity index (χ1v) is 7.71. The predicted molar refractivity (Wildman–Crippen MR) is 92.0 cm³/mol. The third kappa shape index (κ3) is 2.79. The minimum Gasteiger partial charge on any atom is -0.385 e. The summed E-state index contributed by atoms with van der Waals surface area (Å²) in [7, 11) is 0. The summed E-state index contributed by atoms with van der Waals surface area (Å²) < 4.78 is 0. The van der Waals surface area contributed by atoms with Crippen molar-refractivity contribution < 1.29 is 10.2 Å². The quantitative estimate of drug-likeness (QED) is 0.766. The first-order chi connectivity index (χ1) is 11.1. The van der Waals surface area contributed by atoms with E-state index in [1.54, 1.807) is 0 Å². The van der Waals surface area contributed by atoms with Gasteiger partial charge in [0.1, 0.15) is 11.7 Å². The van der Waals surface area contributed by atoms with Crippen LogP contribution in [0.4, 0.5) is 0 Å². The summed E-state index contributed by atoms with van der Waals surface area (Å²) in [5.41, 5.74) is 1.50. The summed E-state index contributed by atoms with van der Waals surface area (Å²) in [4.78, 5) is 0. The van der Waals surface area contributed by atoms with Crippen LogP contribution in [0.25, 0.3) is 0 Å². The van der Waals surface area contributed by atoms with Crippen LogP contribution >= 0.6 is 0 Å². The van der Waals surface area contributed by atoms with Crippen molar-refractivity contribution in [1.82, 2.24) is 0 Å². The van der Waals surface area contributed by atoms with Crippen molar-refractivity contribution in [2.45, 2.75) is 18.6 Å². The molecule has 0 fully saturated rings. The van der Waals surface area contributed by atoms with E-state index in [1.165, 1.54) is 0 Å². The van der Waals surface area contributed by atoms with Crippen LogP contribution in [0, 0.1) is 6.92 Å². The second-order valence-corrected chi connectivity index (χ2v) is 5.76. The standard InChI is InChI=1S/C21H20O2/c1-16-10-8-9-15-19(16)21(23,18-13-6-3-7-14-18)20(22)17-11-4-2-5-12-17/h2-15,20,22-23H,1H3. The average molecular weight is 304 g/mol. The highest BCUT2D eigenvalue weighted by Gasteiger charge is 2.41. The monoisotopic (exact) mass is 304 g/mol. The Hall–Kier alpha value is -2.42. The summed E-state index contributed by atoms with van der Waals surface area (Å²) in [6.07, 6.45) is -1.06. The molecule has 3 aromatic carbocycles. The topological polar surface area (TPSA) is 40.5 Å². The molecule has 116 valence electrons. The number of hydrogen-bond donors (Lipinski definition) is 2. The van der Waals surface area contributed by atoms with E-state index in [0.717, 1.165) is 5.56 Å². The molecule has 0 aliphatic carbocycles. The van der Waals surface area contributed by atoms with Gasteiger partial charge in [-0.15, -0.1) is 0 Å². The largest absolute Gasteiger partial charge is 0.385 e. The average Bonchev–Trinajstić information content (AvgIpc) is 2.62. The normalized spacial score (nSPS) is 14.9. The van der Waals surface area contributed by atoms with Crippen molar-refractivity contribution >= 4 is 0 Å². The van der Waals surface area contributed by atoms with Gasteiger partial charge in [0.05, 0.1) is 0 Å². The minimum atomic E-state index is -1.51. The second kappa shape index (κ2) is 6.37. The van der Waals surface area contributed by atoms with Crippen molar-refractivity contribution in [1.29, 1.82) is 0 Å². The molecule has 23 heavy (non-hydrogen) atoms. The number of benzene rings is 3. The molecule has 2 unspecified atom stereocenters. The molecule has 0 aliphatic rings. The molecule has 2 heteroatoms. The molecular weight excluding hydrogens is 284 g/mol. The summed E-state index contributed by atoms with van der Waals surface area (Å²) in [6.45, 7) is 1.95. The highest BCUT2D eigenvalue weighted by molar-refractivity contribution is 5.43. The van der Waals surface area contributed by atoms with Crippen LogP contribution in [0.3, 0.4) is 0 Å². The van der Waals surface area contributed by atoms with Gasteiger partial charge in [-0.25, -0.2) is 0 Å². The van der Waals surface area contributed by atoms with Gasteiger partial charge in [0.25, 0.3) is 0 Å². The van der Waals surface area contributed by atoms with Gasteiger partial charge in [-0.1, -0.05) is 84.9 Å². The Morgan fingerprint density at radius 1 is 0.739 bits per heavy atom. The first kappa shape index (κ1) is 15.5.